The van der Waals surface area contributed by atoms with Crippen LogP contribution in [0.4, 0.5) is 4.79 Å². The Labute approximate surface area is 50.7 Å². The largest absolute Gasteiger partial charge is 0.469 e. The predicted octanol–water partition coefficient (Wildman–Crippen LogP) is 1.66. The highest BCUT2D eigenvalue weighted by Crippen LogP contribution is 1.67. The molecule has 5 heteroatoms. The van der Waals surface area contributed by atoms with Crippen LogP contribution in [0.3, 0.4) is 0 Å². The van der Waals surface area contributed by atoms with Crippen molar-refractivity contribution in [3.05, 3.63) is 0 Å². The van der Waals surface area contributed by atoms with Gasteiger partial charge in [0.25, 0.3) is 0 Å². The van der Waals surface area contributed by atoms with Gasteiger partial charge in [0.1, 0.15) is 0 Å². The molecule has 38 valence electrons. The zero-order valence-corrected chi connectivity index (χ0v) is 5.17. The van der Waals surface area contributed by atoms with E-state index in [0.29, 0.717) is 0 Å². The van der Waals surface area contributed by atoms with Crippen molar-refractivity contribution in [3.8, 4) is 0 Å². The van der Waals surface area contributed by atoms with Crippen molar-refractivity contribution in [2.24, 2.45) is 0 Å². The lowest BCUT2D eigenvalue weighted by molar-refractivity contribution is 0.220. The summed E-state index contributed by atoms with van der Waals surface area (Å²) in [5.74, 6) is 0. The summed E-state index contributed by atoms with van der Waals surface area (Å²) in [7, 11) is 0. The van der Waals surface area contributed by atoms with Crippen molar-refractivity contribution in [3.63, 3.8) is 0 Å². The van der Waals surface area contributed by atoms with Crippen LogP contribution in [0.1, 0.15) is 0 Å². The fraction of sp³-hybridized carbons (Fsp3) is 0. The molecular weight excluding hydrogens is 144 g/mol. The first-order valence-electron chi connectivity index (χ1n) is 0.817. The van der Waals surface area contributed by atoms with E-state index in [1.54, 1.807) is 0 Å². The van der Waals surface area contributed by atoms with E-state index in [9.17, 15) is 0 Å². The number of carboxylic acid groups (broad SMARTS) is 1. The Morgan fingerprint density at radius 2 is 1.67 bits per heavy atom. The van der Waals surface area contributed by atoms with Crippen LogP contribution in [0.5, 0.6) is 0 Å². The number of thiol groups is 2. The average molecular weight is 147 g/mol. The molecule has 0 atom stereocenters. The molecule has 0 aliphatic carbocycles. The van der Waals surface area contributed by atoms with Crippen LogP contribution in [0.15, 0.2) is 0 Å². The zero-order chi connectivity index (χ0) is 5.58. The third kappa shape index (κ3) is 252. The predicted molar refractivity (Wildman–Crippen MR) is 31.8 cm³/mol. The van der Waals surface area contributed by atoms with Crippen LogP contribution in [0, 0.1) is 0 Å². The van der Waals surface area contributed by atoms with Gasteiger partial charge in [-0.1, -0.05) is 0 Å². The Morgan fingerprint density at radius 1 is 1.67 bits per heavy atom. The molecule has 0 unspecified atom stereocenters. The topological polar surface area (TPSA) is 37.3 Å². The lowest BCUT2D eigenvalue weighted by Crippen LogP contribution is -1.66. The Morgan fingerprint density at radius 3 is 1.67 bits per heavy atom. The van der Waals surface area contributed by atoms with Crippen molar-refractivity contribution in [2.45, 2.75) is 0 Å². The molecule has 0 aromatic heterocycles. The van der Waals surface area contributed by atoms with Crippen LogP contribution in [-0.4, -0.2) is 10.5 Å². The smallest absolute Gasteiger partial charge is 0.401 e. The van der Waals surface area contributed by atoms with Gasteiger partial charge >= 0.3 is 5.43 Å². The number of rotatable bonds is 0. The monoisotopic (exact) mass is 146 g/mol. The zero-order valence-electron chi connectivity index (χ0n) is 2.63. The molecule has 0 saturated heterocycles. The second-order valence-electron chi connectivity index (χ2n) is 0.253. The molecular formula is CH3ClO2S2. The van der Waals surface area contributed by atoms with Crippen LogP contribution in [0.2, 0.25) is 0 Å². The molecule has 0 saturated carbocycles. The molecule has 0 aliphatic rings. The van der Waals surface area contributed by atoms with Gasteiger partial charge in [-0.05, 0) is 0 Å². The molecule has 0 aliphatic heterocycles. The molecule has 0 amide bonds. The summed E-state index contributed by atoms with van der Waals surface area (Å²) in [6.07, 6.45) is 0. The van der Waals surface area contributed by atoms with Crippen molar-refractivity contribution in [1.29, 1.82) is 0 Å². The van der Waals surface area contributed by atoms with Gasteiger partial charge in [0.15, 0.2) is 0 Å². The van der Waals surface area contributed by atoms with Crippen molar-refractivity contribution < 1.29 is 9.90 Å². The minimum absolute atomic E-state index is 1.36. The quantitative estimate of drug-likeness (QED) is 0.276. The highest BCUT2D eigenvalue weighted by Gasteiger charge is 1.71. The average Bonchev–Trinajstić information content (AvgIpc) is 1.41. The van der Waals surface area contributed by atoms with E-state index < -0.39 is 5.43 Å². The van der Waals surface area contributed by atoms with E-state index in [0.717, 1.165) is 0 Å². The summed E-state index contributed by atoms with van der Waals surface area (Å²) in [5, 5.41) is 7.18. The maximum atomic E-state index is 8.77. The molecule has 1 N–H and O–H groups in total. The lowest BCUT2D eigenvalue weighted by Gasteiger charge is -1.55. The van der Waals surface area contributed by atoms with Gasteiger partial charge in [-0.25, -0.2) is 4.79 Å². The highest BCUT2D eigenvalue weighted by atomic mass is 35.5. The standard InChI is InChI=1S/CHClO2.H2S2/c2-1(3)4;1-2/h(H,3,4);1-2H. The summed E-state index contributed by atoms with van der Waals surface area (Å²) in [6, 6.07) is 0. The van der Waals surface area contributed by atoms with Crippen LogP contribution in [0.25, 0.3) is 0 Å². The van der Waals surface area contributed by atoms with Crippen LogP contribution >= 0.6 is 34.9 Å². The Hall–Kier alpha value is 0.460. The van der Waals surface area contributed by atoms with Gasteiger partial charge in [-0.3, -0.25) is 0 Å². The maximum absolute atomic E-state index is 8.77. The van der Waals surface area contributed by atoms with Crippen LogP contribution in [-0.2, 0) is 0 Å². The number of hydrogen-bond donors (Lipinski definition) is 3. The van der Waals surface area contributed by atoms with Crippen molar-refractivity contribution >= 4 is 40.4 Å². The molecule has 2 nitrogen and oxygen atoms in total. The van der Waals surface area contributed by atoms with E-state index in [4.69, 9.17) is 9.90 Å². The van der Waals surface area contributed by atoms with Crippen molar-refractivity contribution in [2.75, 3.05) is 0 Å². The van der Waals surface area contributed by atoms with Gasteiger partial charge in [0.05, 0.1) is 0 Å². The third-order valence-corrected chi connectivity index (χ3v) is 0. The molecule has 0 radical (unpaired) electrons. The van der Waals surface area contributed by atoms with Crippen LogP contribution < -0.4 is 0 Å². The number of hydrogen-bond acceptors (Lipinski definition) is 3. The molecule has 0 heterocycles. The SMILES string of the molecule is O=C(O)Cl.SS. The molecule has 0 aromatic rings. The summed E-state index contributed by atoms with van der Waals surface area (Å²) < 4.78 is 0. The van der Waals surface area contributed by atoms with E-state index >= 15 is 0 Å². The summed E-state index contributed by atoms with van der Waals surface area (Å²) >= 11 is 10.6. The minimum Gasteiger partial charge on any atom is -0.469 e. The fourth-order valence-corrected chi connectivity index (χ4v) is 0. The Balaban J connectivity index is 0. The summed E-state index contributed by atoms with van der Waals surface area (Å²) in [5.41, 5.74) is -1.36. The van der Waals surface area contributed by atoms with Crippen molar-refractivity contribution in [1.82, 2.24) is 0 Å². The second kappa shape index (κ2) is 9.07. The van der Waals surface area contributed by atoms with E-state index in [2.05, 4.69) is 34.9 Å². The van der Waals surface area contributed by atoms with Gasteiger partial charge in [0.2, 0.25) is 0 Å². The molecule has 0 spiro atoms. The van der Waals surface area contributed by atoms with Gasteiger partial charge < -0.3 is 5.11 Å². The second-order valence-corrected chi connectivity index (χ2v) is 0.576. The number of halogens is 1. The first kappa shape index (κ1) is 9.68. The molecule has 0 rings (SSSR count). The maximum Gasteiger partial charge on any atom is 0.401 e. The normalized spacial score (nSPS) is 5.17. The minimum atomic E-state index is -1.36. The van der Waals surface area contributed by atoms with Gasteiger partial charge in [-0.2, -0.15) is 0 Å². The summed E-state index contributed by atoms with van der Waals surface area (Å²) in [6.45, 7) is 0. The number of carbonyl (C=O) groups is 1. The Kier molecular flexibility index (Phi) is 14.6. The highest BCUT2D eigenvalue weighted by molar-refractivity contribution is 8.59. The molecule has 0 aromatic carbocycles. The van der Waals surface area contributed by atoms with E-state index in [1.807, 2.05) is 0 Å². The molecule has 0 bridgehead atoms. The van der Waals surface area contributed by atoms with Gasteiger partial charge in [0, 0.05) is 11.6 Å². The first-order chi connectivity index (χ1) is 2.73. The molecule has 0 fully saturated rings. The fourth-order valence-electron chi connectivity index (χ4n) is 0. The third-order valence-electron chi connectivity index (χ3n) is 0. The van der Waals surface area contributed by atoms with E-state index in [1.165, 1.54) is 0 Å². The first-order valence-corrected chi connectivity index (χ1v) is 2.79. The molecule has 6 heavy (non-hydrogen) atoms. The Bertz CT molecular complexity index is 34.5. The van der Waals surface area contributed by atoms with Gasteiger partial charge in [-0.15, -0.1) is 23.3 Å². The van der Waals surface area contributed by atoms with E-state index in [-0.39, 0.29) is 0 Å². The lowest BCUT2D eigenvalue weighted by atomic mass is 11.6. The summed E-state index contributed by atoms with van der Waals surface area (Å²) in [4.78, 5) is 8.77.